The first-order valence-corrected chi connectivity index (χ1v) is 8.98. The first-order valence-electron chi connectivity index (χ1n) is 8.98. The van der Waals surface area contributed by atoms with Gasteiger partial charge in [-0.3, -0.25) is 4.90 Å². The van der Waals surface area contributed by atoms with Crippen molar-refractivity contribution in [2.75, 3.05) is 26.2 Å². The molecule has 1 aromatic carbocycles. The fraction of sp³-hybridized carbons (Fsp3) is 0.526. The molecular formula is C19H25F3N4O. The lowest BCUT2D eigenvalue weighted by atomic mass is 9.89. The summed E-state index contributed by atoms with van der Waals surface area (Å²) in [6.07, 6.45) is -4.38. The second-order valence-electron chi connectivity index (χ2n) is 7.10. The van der Waals surface area contributed by atoms with Crippen molar-refractivity contribution < 1.29 is 17.9 Å². The second-order valence-corrected chi connectivity index (χ2v) is 7.10. The van der Waals surface area contributed by atoms with Crippen molar-refractivity contribution in [3.8, 4) is 5.88 Å². The van der Waals surface area contributed by atoms with E-state index in [0.717, 1.165) is 13.1 Å². The van der Waals surface area contributed by atoms with E-state index in [0.29, 0.717) is 36.2 Å². The lowest BCUT2D eigenvalue weighted by molar-refractivity contribution is -0.154. The molecule has 2 heterocycles. The second kappa shape index (κ2) is 7.90. The Hall–Kier alpha value is -2.06. The largest absolute Gasteiger partial charge is 0.468 e. The number of alkyl halides is 3. The molecule has 1 aliphatic rings. The smallest absolute Gasteiger partial charge is 0.422 e. The van der Waals surface area contributed by atoms with Gasteiger partial charge in [0.1, 0.15) is 0 Å². The molecule has 5 nitrogen and oxygen atoms in total. The molecule has 0 unspecified atom stereocenters. The van der Waals surface area contributed by atoms with Crippen molar-refractivity contribution in [2.24, 2.45) is 18.7 Å². The van der Waals surface area contributed by atoms with Gasteiger partial charge in [0.15, 0.2) is 6.61 Å². The van der Waals surface area contributed by atoms with E-state index < -0.39 is 12.8 Å². The van der Waals surface area contributed by atoms with Gasteiger partial charge in [0.25, 0.3) is 0 Å². The Morgan fingerprint density at radius 1 is 1.22 bits per heavy atom. The average Bonchev–Trinajstić information content (AvgIpc) is 3.14. The highest BCUT2D eigenvalue weighted by molar-refractivity contribution is 5.31. The quantitative estimate of drug-likeness (QED) is 0.835. The summed E-state index contributed by atoms with van der Waals surface area (Å²) in [6.45, 7) is 3.13. The Bertz CT molecular complexity index is 760. The van der Waals surface area contributed by atoms with Crippen LogP contribution < -0.4 is 10.5 Å². The van der Waals surface area contributed by atoms with Gasteiger partial charge < -0.3 is 10.5 Å². The van der Waals surface area contributed by atoms with Crippen LogP contribution in [0, 0.1) is 12.8 Å². The molecule has 0 spiro atoms. The molecule has 1 aliphatic heterocycles. The molecule has 0 saturated carbocycles. The molecule has 3 rings (SSSR count). The van der Waals surface area contributed by atoms with E-state index in [1.54, 1.807) is 14.0 Å². The molecule has 8 heteroatoms. The minimum absolute atomic E-state index is 0.178. The summed E-state index contributed by atoms with van der Waals surface area (Å²) in [5.74, 6) is 0.800. The van der Waals surface area contributed by atoms with Gasteiger partial charge in [-0.2, -0.15) is 18.3 Å². The number of ether oxygens (including phenoxy) is 1. The topological polar surface area (TPSA) is 56.3 Å². The summed E-state index contributed by atoms with van der Waals surface area (Å²) < 4.78 is 44.1. The summed E-state index contributed by atoms with van der Waals surface area (Å²) in [7, 11) is 1.60. The van der Waals surface area contributed by atoms with E-state index in [4.69, 9.17) is 10.5 Å². The predicted octanol–water partition coefficient (Wildman–Crippen LogP) is 2.84. The highest BCUT2D eigenvalue weighted by Crippen LogP contribution is 2.34. The number of rotatable bonds is 6. The van der Waals surface area contributed by atoms with E-state index in [-0.39, 0.29) is 5.88 Å². The van der Waals surface area contributed by atoms with Gasteiger partial charge in [0.2, 0.25) is 5.88 Å². The Morgan fingerprint density at radius 3 is 2.56 bits per heavy atom. The third kappa shape index (κ3) is 4.62. The Balaban J connectivity index is 1.76. The minimum Gasteiger partial charge on any atom is -0.468 e. The molecule has 2 atom stereocenters. The van der Waals surface area contributed by atoms with Crippen LogP contribution in [0.5, 0.6) is 5.88 Å². The Labute approximate surface area is 156 Å². The fourth-order valence-electron chi connectivity index (χ4n) is 3.82. The van der Waals surface area contributed by atoms with Gasteiger partial charge in [0.05, 0.1) is 11.3 Å². The van der Waals surface area contributed by atoms with Crippen LogP contribution in [0.4, 0.5) is 13.2 Å². The normalized spacial score (nSPS) is 21.0. The number of hydrogen-bond acceptors (Lipinski definition) is 4. The van der Waals surface area contributed by atoms with Gasteiger partial charge in [-0.05, 0) is 24.9 Å². The van der Waals surface area contributed by atoms with Crippen LogP contribution in [0.15, 0.2) is 30.3 Å². The van der Waals surface area contributed by atoms with Crippen LogP contribution in [-0.2, 0) is 13.6 Å². The molecule has 0 aliphatic carbocycles. The Kier molecular flexibility index (Phi) is 5.76. The molecule has 2 N–H and O–H groups in total. The summed E-state index contributed by atoms with van der Waals surface area (Å²) in [4.78, 5) is 2.22. The fourth-order valence-corrected chi connectivity index (χ4v) is 3.82. The Morgan fingerprint density at radius 2 is 1.93 bits per heavy atom. The number of likely N-dealkylation sites (tertiary alicyclic amines) is 1. The number of hydrogen-bond donors (Lipinski definition) is 1. The standard InChI is InChI=1S/C19H25F3N4O/c1-13-16(18(25(2)24-13)27-12-19(20,21)22)10-26-9-15(8-23)17(11-26)14-6-4-3-5-7-14/h3-7,15,17H,8-12,23H2,1-2H3/t15-,17+/m1/s1. The van der Waals surface area contributed by atoms with Crippen LogP contribution in [0.1, 0.15) is 22.7 Å². The van der Waals surface area contributed by atoms with Gasteiger partial charge in [-0.1, -0.05) is 30.3 Å². The first-order chi connectivity index (χ1) is 12.8. The van der Waals surface area contributed by atoms with E-state index in [1.165, 1.54) is 10.2 Å². The van der Waals surface area contributed by atoms with Crippen molar-refractivity contribution in [1.29, 1.82) is 0 Å². The van der Waals surface area contributed by atoms with Crippen LogP contribution in [0.2, 0.25) is 0 Å². The summed E-state index contributed by atoms with van der Waals surface area (Å²) in [5, 5.41) is 4.24. The van der Waals surface area contributed by atoms with Crippen LogP contribution in [-0.4, -0.2) is 47.1 Å². The van der Waals surface area contributed by atoms with Crippen molar-refractivity contribution in [3.63, 3.8) is 0 Å². The number of halogens is 3. The third-order valence-electron chi connectivity index (χ3n) is 5.09. The van der Waals surface area contributed by atoms with Gasteiger partial charge in [-0.25, -0.2) is 4.68 Å². The molecule has 2 aromatic rings. The summed E-state index contributed by atoms with van der Waals surface area (Å²) in [6, 6.07) is 10.2. The molecular weight excluding hydrogens is 357 g/mol. The monoisotopic (exact) mass is 382 g/mol. The maximum absolute atomic E-state index is 12.6. The lowest BCUT2D eigenvalue weighted by Gasteiger charge is -2.18. The van der Waals surface area contributed by atoms with Gasteiger partial charge in [0, 0.05) is 32.6 Å². The number of nitrogens with two attached hydrogens (primary N) is 1. The van der Waals surface area contributed by atoms with Crippen LogP contribution in [0.3, 0.4) is 0 Å². The molecule has 27 heavy (non-hydrogen) atoms. The molecule has 0 radical (unpaired) electrons. The average molecular weight is 382 g/mol. The zero-order valence-electron chi connectivity index (χ0n) is 15.5. The van der Waals surface area contributed by atoms with E-state index >= 15 is 0 Å². The molecule has 1 aromatic heterocycles. The third-order valence-corrected chi connectivity index (χ3v) is 5.09. The van der Waals surface area contributed by atoms with E-state index in [2.05, 4.69) is 22.1 Å². The number of nitrogens with zero attached hydrogens (tertiary/aromatic N) is 3. The van der Waals surface area contributed by atoms with E-state index in [9.17, 15) is 13.2 Å². The molecule has 1 saturated heterocycles. The van der Waals surface area contributed by atoms with Gasteiger partial charge in [-0.15, -0.1) is 0 Å². The number of benzene rings is 1. The number of aromatic nitrogens is 2. The zero-order chi connectivity index (χ0) is 19.6. The maximum Gasteiger partial charge on any atom is 0.422 e. The highest BCUT2D eigenvalue weighted by Gasteiger charge is 2.34. The van der Waals surface area contributed by atoms with E-state index in [1.807, 2.05) is 18.2 Å². The van der Waals surface area contributed by atoms with Crippen molar-refractivity contribution in [3.05, 3.63) is 47.2 Å². The summed E-state index contributed by atoms with van der Waals surface area (Å²) in [5.41, 5.74) is 8.61. The predicted molar refractivity (Wildman–Crippen MR) is 96.5 cm³/mol. The molecule has 0 amide bonds. The maximum atomic E-state index is 12.6. The SMILES string of the molecule is Cc1nn(C)c(OCC(F)(F)F)c1CN1C[C@@H](CN)[C@H](c2ccccc2)C1. The highest BCUT2D eigenvalue weighted by atomic mass is 19.4. The number of aryl methyl sites for hydroxylation is 2. The lowest BCUT2D eigenvalue weighted by Crippen LogP contribution is -2.24. The zero-order valence-corrected chi connectivity index (χ0v) is 15.5. The molecule has 0 bridgehead atoms. The molecule has 1 fully saturated rings. The molecule has 148 valence electrons. The first kappa shape index (κ1) is 19.7. The van der Waals surface area contributed by atoms with Crippen molar-refractivity contribution in [1.82, 2.24) is 14.7 Å². The van der Waals surface area contributed by atoms with Gasteiger partial charge >= 0.3 is 6.18 Å². The minimum atomic E-state index is -4.38. The van der Waals surface area contributed by atoms with Crippen molar-refractivity contribution in [2.45, 2.75) is 25.6 Å². The summed E-state index contributed by atoms with van der Waals surface area (Å²) >= 11 is 0. The van der Waals surface area contributed by atoms with Crippen LogP contribution in [0.25, 0.3) is 0 Å². The van der Waals surface area contributed by atoms with Crippen molar-refractivity contribution >= 4 is 0 Å². The van der Waals surface area contributed by atoms with Crippen LogP contribution >= 0.6 is 0 Å².